The molecule has 0 aliphatic heterocycles. The quantitative estimate of drug-likeness (QED) is 0.475. The van der Waals surface area contributed by atoms with Crippen LogP contribution in [0.2, 0.25) is 0 Å². The smallest absolute Gasteiger partial charge is 0.00976 e. The minimum atomic E-state index is 0. The van der Waals surface area contributed by atoms with Gasteiger partial charge in [0.25, 0.3) is 0 Å². The van der Waals surface area contributed by atoms with Crippen LogP contribution in [0.3, 0.4) is 0 Å². The lowest BCUT2D eigenvalue weighted by molar-refractivity contribution is 0.691. The predicted octanol–water partition coefficient (Wildman–Crippen LogP) is 7.83. The van der Waals surface area contributed by atoms with Gasteiger partial charge in [-0.15, -0.1) is 6.58 Å². The maximum atomic E-state index is 3.73. The average molecular weight is 325 g/mol. The molecule has 0 aliphatic carbocycles. The lowest BCUT2D eigenvalue weighted by Crippen LogP contribution is -1.91. The minimum absolute atomic E-state index is 0. The largest absolute Gasteiger partial charge is 0.103 e. The molecule has 2 aromatic carbocycles. The maximum Gasteiger partial charge on any atom is -0.00976 e. The number of allylic oxidation sites excluding steroid dienone is 3. The highest BCUT2D eigenvalue weighted by molar-refractivity contribution is 5.18. The second kappa shape index (κ2) is 15.8. The lowest BCUT2D eigenvalue weighted by atomic mass is 9.96. The first-order valence-electron chi connectivity index (χ1n) is 8.08. The monoisotopic (exact) mass is 324 g/mol. The van der Waals surface area contributed by atoms with E-state index in [9.17, 15) is 0 Å². The second-order valence-corrected chi connectivity index (χ2v) is 5.44. The van der Waals surface area contributed by atoms with E-state index >= 15 is 0 Å². The van der Waals surface area contributed by atoms with Crippen molar-refractivity contribution in [3.63, 3.8) is 0 Å². The van der Waals surface area contributed by atoms with Crippen molar-refractivity contribution in [2.24, 2.45) is 0 Å². The molecule has 0 N–H and O–H groups in total. The van der Waals surface area contributed by atoms with Crippen LogP contribution in [0, 0.1) is 0 Å². The van der Waals surface area contributed by atoms with Gasteiger partial charge < -0.3 is 0 Å². The van der Waals surface area contributed by atoms with Gasteiger partial charge in [0, 0.05) is 0 Å². The molecule has 0 fully saturated rings. The van der Waals surface area contributed by atoms with E-state index in [2.05, 4.69) is 80.3 Å². The zero-order valence-electron chi connectivity index (χ0n) is 13.9. The first-order chi connectivity index (χ1) is 10.8. The Hall–Kier alpha value is -2.08. The molecule has 0 nitrogen and oxygen atoms in total. The highest BCUT2D eigenvalue weighted by atomic mass is 14.1. The van der Waals surface area contributed by atoms with Crippen LogP contribution in [-0.4, -0.2) is 0 Å². The Labute approximate surface area is 151 Å². The topological polar surface area (TPSA) is 0 Å². The van der Waals surface area contributed by atoms with Crippen LogP contribution in [0.25, 0.3) is 0 Å². The summed E-state index contributed by atoms with van der Waals surface area (Å²) >= 11 is 0. The van der Waals surface area contributed by atoms with Gasteiger partial charge in [-0.3, -0.25) is 0 Å². The van der Waals surface area contributed by atoms with Gasteiger partial charge in [0.1, 0.15) is 0 Å². The van der Waals surface area contributed by atoms with E-state index in [0.29, 0.717) is 5.92 Å². The average Bonchev–Trinajstić information content (AvgIpc) is 2.60. The van der Waals surface area contributed by atoms with Gasteiger partial charge in [0.2, 0.25) is 0 Å². The van der Waals surface area contributed by atoms with Crippen LogP contribution in [0.1, 0.15) is 58.6 Å². The van der Waals surface area contributed by atoms with Crippen molar-refractivity contribution >= 4 is 0 Å². The van der Waals surface area contributed by atoms with Crippen LogP contribution < -0.4 is 0 Å². The molecular weight excluding hydrogens is 288 g/mol. The summed E-state index contributed by atoms with van der Waals surface area (Å²) in [5.74, 6) is 0.657. The molecule has 24 heavy (non-hydrogen) atoms. The SMILES string of the molecule is C.C.C=CCCC(C)c1ccccc1.CC=CCc1ccccc1. The molecule has 2 rings (SSSR count). The van der Waals surface area contributed by atoms with Gasteiger partial charge in [-0.2, -0.15) is 0 Å². The van der Waals surface area contributed by atoms with Gasteiger partial charge in [-0.1, -0.05) is 101 Å². The molecule has 0 spiro atoms. The summed E-state index contributed by atoms with van der Waals surface area (Å²) < 4.78 is 0. The Morgan fingerprint density at radius 3 is 1.96 bits per heavy atom. The Morgan fingerprint density at radius 2 is 1.46 bits per heavy atom. The highest BCUT2D eigenvalue weighted by Gasteiger charge is 2.01. The van der Waals surface area contributed by atoms with Crippen LogP contribution in [0.5, 0.6) is 0 Å². The minimum Gasteiger partial charge on any atom is -0.103 e. The molecule has 0 aliphatic rings. The summed E-state index contributed by atoms with van der Waals surface area (Å²) in [5, 5.41) is 0. The fourth-order valence-electron chi connectivity index (χ4n) is 2.18. The van der Waals surface area contributed by atoms with Gasteiger partial charge in [-0.05, 0) is 43.2 Å². The van der Waals surface area contributed by atoms with E-state index in [1.165, 1.54) is 17.5 Å². The third kappa shape index (κ3) is 10.6. The van der Waals surface area contributed by atoms with Gasteiger partial charge in [-0.25, -0.2) is 0 Å². The van der Waals surface area contributed by atoms with Crippen molar-refractivity contribution in [3.05, 3.63) is 96.6 Å². The molecule has 0 radical (unpaired) electrons. The Morgan fingerprint density at radius 1 is 0.917 bits per heavy atom. The maximum absolute atomic E-state index is 3.73. The summed E-state index contributed by atoms with van der Waals surface area (Å²) in [5.41, 5.74) is 2.81. The molecule has 0 heteroatoms. The summed E-state index contributed by atoms with van der Waals surface area (Å²) in [6, 6.07) is 21.1. The summed E-state index contributed by atoms with van der Waals surface area (Å²) in [4.78, 5) is 0. The Kier molecular flexibility index (Phi) is 15.9. The Bertz CT molecular complexity index is 522. The highest BCUT2D eigenvalue weighted by Crippen LogP contribution is 2.19. The first kappa shape index (κ1) is 24.2. The standard InChI is InChI=1S/C12H16.C10H12.2CH4/c1-3-4-8-11(2)12-9-6-5-7-10-12;1-2-3-7-10-8-5-4-6-9-10;;/h3,5-7,9-11H,1,4,8H2,2H3;2-6,8-9H,7H2,1H3;2*1H4. The van der Waals surface area contributed by atoms with E-state index in [0.717, 1.165) is 12.8 Å². The molecule has 0 amide bonds. The van der Waals surface area contributed by atoms with Crippen molar-refractivity contribution in [2.75, 3.05) is 0 Å². The van der Waals surface area contributed by atoms with Crippen LogP contribution in [-0.2, 0) is 6.42 Å². The van der Waals surface area contributed by atoms with Crippen molar-refractivity contribution in [1.29, 1.82) is 0 Å². The normalized spacial score (nSPS) is 10.6. The molecule has 0 aromatic heterocycles. The summed E-state index contributed by atoms with van der Waals surface area (Å²) in [6.07, 6.45) is 9.59. The van der Waals surface area contributed by atoms with E-state index in [1.54, 1.807) is 0 Å². The number of benzene rings is 2. The zero-order chi connectivity index (χ0) is 16.0. The van der Waals surface area contributed by atoms with E-state index in [1.807, 2.05) is 19.1 Å². The molecular formula is C24H36. The van der Waals surface area contributed by atoms with Gasteiger partial charge in [0.05, 0.1) is 0 Å². The fraction of sp³-hybridized carbons (Fsp3) is 0.333. The van der Waals surface area contributed by atoms with Crippen LogP contribution in [0.15, 0.2) is 85.5 Å². The van der Waals surface area contributed by atoms with Crippen LogP contribution in [0.4, 0.5) is 0 Å². The van der Waals surface area contributed by atoms with Crippen molar-refractivity contribution in [3.8, 4) is 0 Å². The first-order valence-corrected chi connectivity index (χ1v) is 8.08. The number of rotatable bonds is 6. The molecule has 0 saturated heterocycles. The van der Waals surface area contributed by atoms with Crippen molar-refractivity contribution in [1.82, 2.24) is 0 Å². The molecule has 1 unspecified atom stereocenters. The molecule has 1 atom stereocenters. The molecule has 132 valence electrons. The van der Waals surface area contributed by atoms with Gasteiger partial charge in [0.15, 0.2) is 0 Å². The Balaban J connectivity index is 0. The lowest BCUT2D eigenvalue weighted by Gasteiger charge is -2.09. The number of hydrogen-bond donors (Lipinski definition) is 0. The fourth-order valence-corrected chi connectivity index (χ4v) is 2.18. The molecule has 2 aromatic rings. The molecule has 0 bridgehead atoms. The van der Waals surface area contributed by atoms with Crippen molar-refractivity contribution in [2.45, 2.75) is 53.9 Å². The van der Waals surface area contributed by atoms with E-state index in [-0.39, 0.29) is 14.9 Å². The van der Waals surface area contributed by atoms with E-state index in [4.69, 9.17) is 0 Å². The summed E-state index contributed by atoms with van der Waals surface area (Å²) in [6.45, 7) is 8.03. The third-order valence-electron chi connectivity index (χ3n) is 3.60. The predicted molar refractivity (Wildman–Crippen MR) is 113 cm³/mol. The third-order valence-corrected chi connectivity index (χ3v) is 3.60. The van der Waals surface area contributed by atoms with E-state index < -0.39 is 0 Å². The molecule has 0 heterocycles. The summed E-state index contributed by atoms with van der Waals surface area (Å²) in [7, 11) is 0. The molecule has 0 saturated carbocycles. The van der Waals surface area contributed by atoms with Crippen molar-refractivity contribution < 1.29 is 0 Å². The second-order valence-electron chi connectivity index (χ2n) is 5.44. The zero-order valence-corrected chi connectivity index (χ0v) is 13.9. The number of hydrogen-bond acceptors (Lipinski definition) is 0. The van der Waals surface area contributed by atoms with Gasteiger partial charge >= 0.3 is 0 Å². The van der Waals surface area contributed by atoms with Crippen LogP contribution >= 0.6 is 0 Å².